The fourth-order valence-corrected chi connectivity index (χ4v) is 4.41. The molecule has 0 aliphatic rings. The summed E-state index contributed by atoms with van der Waals surface area (Å²) in [5.41, 5.74) is 2.49. The molecule has 1 N–H and O–H groups in total. The first-order chi connectivity index (χ1) is 20.6. The highest BCUT2D eigenvalue weighted by Gasteiger charge is 2.23. The van der Waals surface area contributed by atoms with Crippen molar-refractivity contribution in [3.63, 3.8) is 0 Å². The standard InChI is InChI=1S/C35H45N2O6/c1-35(2,3)43-33(38)36-30(15-11-7-10-14-27-12-8-6-9-13-27)26-42-34(39)37(24-28-16-20-31(40-4)21-17-28)25-29-18-22-32(41-5)23-19-29/h6,8-10,12-13,16-23,30H,7,11,14-15,24-26H2,1-5H3,(H,36,38)/t30-/m0/s1. The van der Waals surface area contributed by atoms with E-state index in [-0.39, 0.29) is 6.61 Å². The van der Waals surface area contributed by atoms with Gasteiger partial charge in [-0.2, -0.15) is 0 Å². The zero-order chi connectivity index (χ0) is 31.1. The van der Waals surface area contributed by atoms with Gasteiger partial charge in [-0.15, -0.1) is 0 Å². The molecule has 2 amide bonds. The molecule has 3 aromatic carbocycles. The molecular formula is C35H45N2O6. The van der Waals surface area contributed by atoms with Gasteiger partial charge in [-0.1, -0.05) is 61.0 Å². The summed E-state index contributed by atoms with van der Waals surface area (Å²) in [5, 5.41) is 2.90. The van der Waals surface area contributed by atoms with Crippen molar-refractivity contribution in [2.45, 2.75) is 71.2 Å². The highest BCUT2D eigenvalue weighted by atomic mass is 16.6. The lowest BCUT2D eigenvalue weighted by Gasteiger charge is -2.26. The topological polar surface area (TPSA) is 86.3 Å². The monoisotopic (exact) mass is 589 g/mol. The van der Waals surface area contributed by atoms with Gasteiger partial charge in [0.05, 0.1) is 20.3 Å². The number of carbonyl (C=O) groups excluding carboxylic acids is 2. The molecule has 3 rings (SSSR count). The van der Waals surface area contributed by atoms with Crippen LogP contribution in [-0.2, 0) is 29.0 Å². The van der Waals surface area contributed by atoms with Gasteiger partial charge in [0, 0.05) is 13.1 Å². The SMILES string of the molecule is COc1ccc(CN(Cc2ccc(OC)cc2)C(=O)OC[C@H](CCC[CH]Cc2ccccc2)NC(=O)OC(C)(C)C)cc1. The highest BCUT2D eigenvalue weighted by Crippen LogP contribution is 2.18. The second-order valence-electron chi connectivity index (χ2n) is 11.4. The fourth-order valence-electron chi connectivity index (χ4n) is 4.41. The summed E-state index contributed by atoms with van der Waals surface area (Å²) < 4.78 is 21.8. The molecule has 0 aromatic heterocycles. The second kappa shape index (κ2) is 17.0. The van der Waals surface area contributed by atoms with Crippen molar-refractivity contribution in [1.82, 2.24) is 10.2 Å². The molecule has 0 unspecified atom stereocenters. The number of hydrogen-bond donors (Lipinski definition) is 1. The molecule has 1 radical (unpaired) electrons. The summed E-state index contributed by atoms with van der Waals surface area (Å²) in [4.78, 5) is 27.7. The normalized spacial score (nSPS) is 11.7. The third-order valence-electron chi connectivity index (χ3n) is 6.64. The predicted molar refractivity (Wildman–Crippen MR) is 168 cm³/mol. The Kier molecular flexibility index (Phi) is 13.2. The molecule has 0 spiro atoms. The molecule has 0 fully saturated rings. The first-order valence-electron chi connectivity index (χ1n) is 14.7. The number of methoxy groups -OCH3 is 2. The fraction of sp³-hybridized carbons (Fsp3) is 0.400. The van der Waals surface area contributed by atoms with Gasteiger partial charge >= 0.3 is 12.2 Å². The van der Waals surface area contributed by atoms with Gasteiger partial charge in [0.2, 0.25) is 0 Å². The van der Waals surface area contributed by atoms with Gasteiger partial charge in [0.1, 0.15) is 23.7 Å². The van der Waals surface area contributed by atoms with Crippen LogP contribution < -0.4 is 14.8 Å². The highest BCUT2D eigenvalue weighted by molar-refractivity contribution is 5.69. The average Bonchev–Trinajstić information content (AvgIpc) is 2.99. The number of rotatable bonds is 15. The van der Waals surface area contributed by atoms with E-state index >= 15 is 0 Å². The molecule has 0 saturated heterocycles. The third kappa shape index (κ3) is 12.7. The van der Waals surface area contributed by atoms with Crippen LogP contribution in [0, 0.1) is 6.42 Å². The van der Waals surface area contributed by atoms with Crippen LogP contribution in [0.4, 0.5) is 9.59 Å². The van der Waals surface area contributed by atoms with Crippen molar-refractivity contribution in [2.75, 3.05) is 20.8 Å². The molecule has 0 aliphatic heterocycles. The minimum Gasteiger partial charge on any atom is -0.497 e. The van der Waals surface area contributed by atoms with E-state index in [9.17, 15) is 9.59 Å². The molecule has 0 saturated carbocycles. The van der Waals surface area contributed by atoms with E-state index in [0.29, 0.717) is 19.5 Å². The lowest BCUT2D eigenvalue weighted by molar-refractivity contribution is 0.0442. The van der Waals surface area contributed by atoms with Crippen LogP contribution >= 0.6 is 0 Å². The number of amides is 2. The van der Waals surface area contributed by atoms with Crippen molar-refractivity contribution in [3.05, 3.63) is 102 Å². The van der Waals surface area contributed by atoms with Gasteiger partial charge in [-0.25, -0.2) is 9.59 Å². The molecule has 0 bridgehead atoms. The van der Waals surface area contributed by atoms with Gasteiger partial charge in [-0.3, -0.25) is 4.90 Å². The van der Waals surface area contributed by atoms with Crippen molar-refractivity contribution in [2.24, 2.45) is 0 Å². The van der Waals surface area contributed by atoms with Crippen LogP contribution in [-0.4, -0.2) is 49.6 Å². The summed E-state index contributed by atoms with van der Waals surface area (Å²) in [6.07, 6.45) is 4.44. The van der Waals surface area contributed by atoms with Crippen molar-refractivity contribution in [3.8, 4) is 11.5 Å². The molecule has 1 atom stereocenters. The summed E-state index contributed by atoms with van der Waals surface area (Å²) >= 11 is 0. The Morgan fingerprint density at radius 1 is 0.814 bits per heavy atom. The molecule has 8 heteroatoms. The Hall–Kier alpha value is -4.20. The summed E-state index contributed by atoms with van der Waals surface area (Å²) in [6, 6.07) is 25.0. The Morgan fingerprint density at radius 3 is 1.88 bits per heavy atom. The van der Waals surface area contributed by atoms with Gasteiger partial charge < -0.3 is 24.3 Å². The molecule has 3 aromatic rings. The van der Waals surface area contributed by atoms with Crippen LogP contribution in [0.2, 0.25) is 0 Å². The summed E-state index contributed by atoms with van der Waals surface area (Å²) in [5.74, 6) is 1.48. The summed E-state index contributed by atoms with van der Waals surface area (Å²) in [6.45, 7) is 6.16. The number of hydrogen-bond acceptors (Lipinski definition) is 6. The van der Waals surface area contributed by atoms with Crippen LogP contribution in [0.15, 0.2) is 78.9 Å². The maximum atomic E-state index is 13.5. The Bertz CT molecular complexity index is 1190. The molecule has 0 heterocycles. The largest absolute Gasteiger partial charge is 0.497 e. The van der Waals surface area contributed by atoms with E-state index in [4.69, 9.17) is 18.9 Å². The minimum atomic E-state index is -0.637. The van der Waals surface area contributed by atoms with E-state index in [1.165, 1.54) is 5.56 Å². The Morgan fingerprint density at radius 2 is 1.37 bits per heavy atom. The first-order valence-corrected chi connectivity index (χ1v) is 14.7. The molecule has 43 heavy (non-hydrogen) atoms. The van der Waals surface area contributed by atoms with E-state index in [1.54, 1.807) is 19.1 Å². The number of nitrogens with one attached hydrogen (secondary N) is 1. The predicted octanol–water partition coefficient (Wildman–Crippen LogP) is 7.35. The Labute approximate surface area is 256 Å². The molecular weight excluding hydrogens is 544 g/mol. The van der Waals surface area contributed by atoms with Crippen molar-refractivity contribution in [1.29, 1.82) is 0 Å². The minimum absolute atomic E-state index is 0.0263. The Balaban J connectivity index is 1.64. The van der Waals surface area contributed by atoms with Crippen LogP contribution in [0.3, 0.4) is 0 Å². The van der Waals surface area contributed by atoms with E-state index in [1.807, 2.05) is 87.5 Å². The maximum Gasteiger partial charge on any atom is 0.410 e. The lowest BCUT2D eigenvalue weighted by atomic mass is 10.0. The number of alkyl carbamates (subject to hydrolysis) is 1. The zero-order valence-electron chi connectivity index (χ0n) is 26.0. The van der Waals surface area contributed by atoms with Crippen LogP contribution in [0.5, 0.6) is 11.5 Å². The number of carbonyl (C=O) groups is 2. The number of nitrogens with zero attached hydrogens (tertiary/aromatic N) is 1. The van der Waals surface area contributed by atoms with E-state index in [2.05, 4.69) is 23.9 Å². The molecule has 8 nitrogen and oxygen atoms in total. The third-order valence-corrected chi connectivity index (χ3v) is 6.64. The first kappa shape index (κ1) is 33.3. The van der Waals surface area contributed by atoms with E-state index in [0.717, 1.165) is 41.9 Å². The van der Waals surface area contributed by atoms with Crippen LogP contribution in [0.25, 0.3) is 0 Å². The molecule has 231 valence electrons. The number of unbranched alkanes of at least 4 members (excludes halogenated alkanes) is 2. The smallest absolute Gasteiger partial charge is 0.410 e. The second-order valence-corrected chi connectivity index (χ2v) is 11.4. The molecule has 0 aliphatic carbocycles. The number of ether oxygens (including phenoxy) is 4. The van der Waals surface area contributed by atoms with Gasteiger partial charge in [0.15, 0.2) is 0 Å². The van der Waals surface area contributed by atoms with E-state index < -0.39 is 23.8 Å². The van der Waals surface area contributed by atoms with Crippen molar-refractivity contribution >= 4 is 12.2 Å². The maximum absolute atomic E-state index is 13.5. The van der Waals surface area contributed by atoms with Gasteiger partial charge in [-0.05, 0) is 87.4 Å². The lowest BCUT2D eigenvalue weighted by Crippen LogP contribution is -2.43. The zero-order valence-corrected chi connectivity index (χ0v) is 26.0. The average molecular weight is 590 g/mol. The van der Waals surface area contributed by atoms with Gasteiger partial charge in [0.25, 0.3) is 0 Å². The van der Waals surface area contributed by atoms with Crippen molar-refractivity contribution < 1.29 is 28.5 Å². The number of benzene rings is 3. The van der Waals surface area contributed by atoms with Crippen LogP contribution in [0.1, 0.15) is 56.7 Å². The summed E-state index contributed by atoms with van der Waals surface area (Å²) in [7, 11) is 3.23. The quantitative estimate of drug-likeness (QED) is 0.187.